The summed E-state index contributed by atoms with van der Waals surface area (Å²) in [6, 6.07) is 11.4. The Morgan fingerprint density at radius 1 is 1.12 bits per heavy atom. The Balaban J connectivity index is 2.06. The Kier molecular flexibility index (Phi) is 3.51. The van der Waals surface area contributed by atoms with E-state index >= 15 is 0 Å². The van der Waals surface area contributed by atoms with Crippen LogP contribution in [0.1, 0.15) is 16.8 Å². The Labute approximate surface area is 150 Å². The first-order chi connectivity index (χ1) is 12.0. The van der Waals surface area contributed by atoms with Crippen molar-refractivity contribution >= 4 is 23.1 Å². The highest BCUT2D eigenvalue weighted by Crippen LogP contribution is 2.32. The summed E-state index contributed by atoms with van der Waals surface area (Å²) in [5, 5.41) is 18.2. The molecule has 6 heteroatoms. The molecule has 0 aliphatic heterocycles. The zero-order valence-electron chi connectivity index (χ0n) is 14.2. The van der Waals surface area contributed by atoms with E-state index in [1.54, 1.807) is 12.1 Å². The van der Waals surface area contributed by atoms with Crippen molar-refractivity contribution in [3.63, 3.8) is 0 Å². The van der Waals surface area contributed by atoms with Crippen LogP contribution in [0.15, 0.2) is 36.4 Å². The number of nitrogens with one attached hydrogen (secondary N) is 2. The van der Waals surface area contributed by atoms with Gasteiger partial charge in [-0.25, -0.2) is 0 Å². The molecular formula is C19H18N4OS. The summed E-state index contributed by atoms with van der Waals surface area (Å²) >= 11 is 5.52. The monoisotopic (exact) mass is 350 g/mol. The summed E-state index contributed by atoms with van der Waals surface area (Å²) in [6.07, 6.45) is 0. The molecule has 4 rings (SSSR count). The lowest BCUT2D eigenvalue weighted by Crippen LogP contribution is -2.00. The van der Waals surface area contributed by atoms with Crippen LogP contribution < -0.4 is 0 Å². The van der Waals surface area contributed by atoms with Gasteiger partial charge in [-0.15, -0.1) is 0 Å². The van der Waals surface area contributed by atoms with Crippen LogP contribution in [0.25, 0.3) is 28.0 Å². The number of aromatic amines is 2. The number of hydrogen-bond acceptors (Lipinski definition) is 3. The lowest BCUT2D eigenvalue weighted by Gasteiger charge is -2.11. The Hall–Kier alpha value is -2.86. The second-order valence-electron chi connectivity index (χ2n) is 6.26. The average Bonchev–Trinajstić information content (AvgIpc) is 3.08. The normalized spacial score (nSPS) is 11.3. The first-order valence-electron chi connectivity index (χ1n) is 8.03. The molecule has 126 valence electrons. The number of hydrogen-bond donors (Lipinski definition) is 3. The minimum Gasteiger partial charge on any atom is -0.508 e. The van der Waals surface area contributed by atoms with Crippen molar-refractivity contribution in [2.45, 2.75) is 20.8 Å². The molecule has 0 fully saturated rings. The lowest BCUT2D eigenvalue weighted by atomic mass is 10.1. The summed E-state index contributed by atoms with van der Waals surface area (Å²) in [5.41, 5.74) is 6.25. The smallest absolute Gasteiger partial charge is 0.200 e. The Morgan fingerprint density at radius 2 is 1.92 bits per heavy atom. The van der Waals surface area contributed by atoms with E-state index in [0.29, 0.717) is 4.77 Å². The van der Waals surface area contributed by atoms with E-state index in [0.717, 1.165) is 39.2 Å². The van der Waals surface area contributed by atoms with Crippen molar-refractivity contribution < 1.29 is 5.11 Å². The van der Waals surface area contributed by atoms with Crippen LogP contribution in [0.3, 0.4) is 0 Å². The molecule has 4 aromatic rings. The van der Waals surface area contributed by atoms with Gasteiger partial charge in [-0.1, -0.05) is 6.07 Å². The Bertz CT molecular complexity index is 1170. The molecule has 3 N–H and O–H groups in total. The van der Waals surface area contributed by atoms with Crippen LogP contribution in [0.2, 0.25) is 0 Å². The number of H-pyrrole nitrogens is 2. The van der Waals surface area contributed by atoms with Crippen LogP contribution in [0.4, 0.5) is 0 Å². The summed E-state index contributed by atoms with van der Waals surface area (Å²) in [5.74, 6) is 0.967. The molecule has 2 aromatic heterocycles. The molecule has 0 atom stereocenters. The van der Waals surface area contributed by atoms with Crippen molar-refractivity contribution in [2.75, 3.05) is 0 Å². The van der Waals surface area contributed by atoms with Crippen molar-refractivity contribution in [3.05, 3.63) is 58.0 Å². The largest absolute Gasteiger partial charge is 0.508 e. The second kappa shape index (κ2) is 5.60. The molecule has 0 spiro atoms. The van der Waals surface area contributed by atoms with Crippen molar-refractivity contribution in [3.8, 4) is 22.8 Å². The van der Waals surface area contributed by atoms with Crippen LogP contribution in [-0.4, -0.2) is 24.9 Å². The first kappa shape index (κ1) is 15.7. The maximum absolute atomic E-state index is 9.70. The van der Waals surface area contributed by atoms with E-state index in [1.807, 2.05) is 29.7 Å². The van der Waals surface area contributed by atoms with Crippen molar-refractivity contribution in [1.82, 2.24) is 19.7 Å². The van der Waals surface area contributed by atoms with Gasteiger partial charge < -0.3 is 10.1 Å². The van der Waals surface area contributed by atoms with Crippen LogP contribution in [0, 0.1) is 25.5 Å². The van der Waals surface area contributed by atoms with Gasteiger partial charge in [0, 0.05) is 22.2 Å². The van der Waals surface area contributed by atoms with Crippen molar-refractivity contribution in [2.24, 2.45) is 0 Å². The maximum Gasteiger partial charge on any atom is 0.200 e. The number of aryl methyl sites for hydroxylation is 3. The highest BCUT2D eigenvalue weighted by atomic mass is 32.1. The fraction of sp³-hybridized carbons (Fsp3) is 0.158. The highest BCUT2D eigenvalue weighted by Gasteiger charge is 2.17. The molecule has 0 saturated carbocycles. The van der Waals surface area contributed by atoms with E-state index in [4.69, 9.17) is 12.2 Å². The van der Waals surface area contributed by atoms with E-state index < -0.39 is 0 Å². The van der Waals surface area contributed by atoms with Crippen LogP contribution in [0.5, 0.6) is 5.75 Å². The molecule has 25 heavy (non-hydrogen) atoms. The van der Waals surface area contributed by atoms with Gasteiger partial charge in [0.2, 0.25) is 0 Å². The first-order valence-corrected chi connectivity index (χ1v) is 8.44. The van der Waals surface area contributed by atoms with Crippen LogP contribution >= 0.6 is 12.2 Å². The average molecular weight is 350 g/mol. The SMILES string of the molecule is Cc1cc(O)ccc1-c1n[nH]c(=S)n1-c1cccc2[nH]c(C)c(C)c12. The molecule has 0 radical (unpaired) electrons. The number of phenols is 1. The summed E-state index contributed by atoms with van der Waals surface area (Å²) in [7, 11) is 0. The predicted molar refractivity (Wildman–Crippen MR) is 102 cm³/mol. The third kappa shape index (κ3) is 2.37. The number of fused-ring (bicyclic) bond motifs is 1. The molecular weight excluding hydrogens is 332 g/mol. The molecule has 2 aromatic carbocycles. The van der Waals surface area contributed by atoms with Gasteiger partial charge in [0.25, 0.3) is 0 Å². The van der Waals surface area contributed by atoms with Gasteiger partial charge in [-0.3, -0.25) is 9.67 Å². The number of aromatic nitrogens is 4. The van der Waals surface area contributed by atoms with Crippen molar-refractivity contribution in [1.29, 1.82) is 0 Å². The third-order valence-electron chi connectivity index (χ3n) is 4.67. The minimum atomic E-state index is 0.237. The second-order valence-corrected chi connectivity index (χ2v) is 6.65. The fourth-order valence-electron chi connectivity index (χ4n) is 3.31. The quantitative estimate of drug-likeness (QED) is 0.459. The predicted octanol–water partition coefficient (Wildman–Crippen LogP) is 4.71. The molecule has 0 saturated heterocycles. The molecule has 2 heterocycles. The third-order valence-corrected chi connectivity index (χ3v) is 4.94. The molecule has 0 unspecified atom stereocenters. The highest BCUT2D eigenvalue weighted by molar-refractivity contribution is 7.71. The topological polar surface area (TPSA) is 69.6 Å². The van der Waals surface area contributed by atoms with Gasteiger partial charge in [0.1, 0.15) is 5.75 Å². The summed E-state index contributed by atoms with van der Waals surface area (Å²) in [6.45, 7) is 6.12. The molecule has 0 bridgehead atoms. The number of nitrogens with zero attached hydrogens (tertiary/aromatic N) is 2. The van der Waals surface area contributed by atoms with E-state index in [1.165, 1.54) is 5.56 Å². The number of phenolic OH excluding ortho intramolecular Hbond substituents is 1. The molecule has 0 aliphatic rings. The molecule has 0 amide bonds. The number of benzene rings is 2. The van der Waals surface area contributed by atoms with Gasteiger partial charge in [-0.05, 0) is 74.4 Å². The van der Waals surface area contributed by atoms with Gasteiger partial charge in [-0.2, -0.15) is 5.10 Å². The van der Waals surface area contributed by atoms with E-state index in [2.05, 4.69) is 35.1 Å². The molecule has 0 aliphatic carbocycles. The lowest BCUT2D eigenvalue weighted by molar-refractivity contribution is 0.475. The number of rotatable bonds is 2. The van der Waals surface area contributed by atoms with Gasteiger partial charge >= 0.3 is 0 Å². The standard InChI is InChI=1S/C19H18N4OS/c1-10-9-13(24)7-8-14(10)18-21-22-19(25)23(18)16-6-4-5-15-17(16)11(2)12(3)20-15/h4-9,20,24H,1-3H3,(H,22,25). The van der Waals surface area contributed by atoms with Crippen LogP contribution in [-0.2, 0) is 0 Å². The minimum absolute atomic E-state index is 0.237. The van der Waals surface area contributed by atoms with E-state index in [9.17, 15) is 5.11 Å². The Morgan fingerprint density at radius 3 is 2.68 bits per heavy atom. The summed E-state index contributed by atoms with van der Waals surface area (Å²) < 4.78 is 2.49. The van der Waals surface area contributed by atoms with Gasteiger partial charge in [0.05, 0.1) is 5.69 Å². The fourth-order valence-corrected chi connectivity index (χ4v) is 3.54. The maximum atomic E-state index is 9.70. The van der Waals surface area contributed by atoms with E-state index in [-0.39, 0.29) is 5.75 Å². The zero-order valence-corrected chi connectivity index (χ0v) is 15.0. The number of aromatic hydroxyl groups is 1. The summed E-state index contributed by atoms with van der Waals surface area (Å²) in [4.78, 5) is 3.42. The van der Waals surface area contributed by atoms with Gasteiger partial charge in [0.15, 0.2) is 10.6 Å². The molecule has 5 nitrogen and oxygen atoms in total. The zero-order chi connectivity index (χ0) is 17.7.